The number of ketones is 1. The van der Waals surface area contributed by atoms with Crippen molar-refractivity contribution in [3.8, 4) is 5.75 Å². The number of hydrogen-bond acceptors (Lipinski definition) is 5. The second-order valence-electron chi connectivity index (χ2n) is 3.51. The third-order valence-corrected chi connectivity index (χ3v) is 2.32. The number of esters is 1. The fourth-order valence-electron chi connectivity index (χ4n) is 1.50. The van der Waals surface area contributed by atoms with Crippen molar-refractivity contribution in [2.45, 2.75) is 13.5 Å². The van der Waals surface area contributed by atoms with Crippen LogP contribution in [0.5, 0.6) is 5.75 Å². The quantitative estimate of drug-likeness (QED) is 0.437. The highest BCUT2D eigenvalue weighted by Gasteiger charge is 2.21. The van der Waals surface area contributed by atoms with Gasteiger partial charge >= 0.3 is 5.97 Å². The Morgan fingerprint density at radius 2 is 1.94 bits per heavy atom. The summed E-state index contributed by atoms with van der Waals surface area (Å²) >= 11 is 0. The first-order valence-corrected chi connectivity index (χ1v) is 5.51. The normalized spacial score (nSPS) is 9.94. The van der Waals surface area contributed by atoms with Crippen molar-refractivity contribution in [2.24, 2.45) is 0 Å². The van der Waals surface area contributed by atoms with Crippen LogP contribution in [-0.2, 0) is 20.9 Å². The van der Waals surface area contributed by atoms with Gasteiger partial charge in [-0.25, -0.2) is 4.79 Å². The Balaban J connectivity index is 3.06. The van der Waals surface area contributed by atoms with Gasteiger partial charge in [-0.1, -0.05) is 0 Å². The summed E-state index contributed by atoms with van der Waals surface area (Å²) in [7, 11) is 3.04. The number of benzene rings is 1. The molecule has 0 aliphatic carbocycles. The SMILES string of the molecule is CCOC(=O)C(=O)c1ccc(OC)cc1COC. The summed E-state index contributed by atoms with van der Waals surface area (Å²) < 4.78 is 14.7. The Morgan fingerprint density at radius 1 is 1.22 bits per heavy atom. The second kappa shape index (κ2) is 6.76. The first-order chi connectivity index (χ1) is 8.63. The van der Waals surface area contributed by atoms with Crippen molar-refractivity contribution in [3.63, 3.8) is 0 Å². The van der Waals surface area contributed by atoms with Crippen LogP contribution in [0.25, 0.3) is 0 Å². The Bertz CT molecular complexity index is 439. The predicted molar refractivity (Wildman–Crippen MR) is 64.7 cm³/mol. The summed E-state index contributed by atoms with van der Waals surface area (Å²) in [6.07, 6.45) is 0. The minimum atomic E-state index is -0.861. The van der Waals surface area contributed by atoms with Crippen molar-refractivity contribution >= 4 is 11.8 Å². The van der Waals surface area contributed by atoms with Crippen LogP contribution in [0, 0.1) is 0 Å². The minimum Gasteiger partial charge on any atom is -0.497 e. The molecule has 5 heteroatoms. The van der Waals surface area contributed by atoms with Crippen LogP contribution in [0.1, 0.15) is 22.8 Å². The zero-order chi connectivity index (χ0) is 13.5. The number of methoxy groups -OCH3 is 2. The summed E-state index contributed by atoms with van der Waals surface area (Å²) in [5, 5.41) is 0. The first kappa shape index (κ1) is 14.2. The van der Waals surface area contributed by atoms with Crippen LogP contribution < -0.4 is 4.74 Å². The fourth-order valence-corrected chi connectivity index (χ4v) is 1.50. The van der Waals surface area contributed by atoms with E-state index >= 15 is 0 Å². The summed E-state index contributed by atoms with van der Waals surface area (Å²) in [5.74, 6) is -0.936. The Kier molecular flexibility index (Phi) is 5.32. The molecule has 0 aliphatic rings. The van der Waals surface area contributed by atoms with Gasteiger partial charge in [-0.3, -0.25) is 4.79 Å². The Labute approximate surface area is 106 Å². The molecule has 0 heterocycles. The van der Waals surface area contributed by atoms with Gasteiger partial charge in [0.25, 0.3) is 5.78 Å². The van der Waals surface area contributed by atoms with E-state index in [1.54, 1.807) is 19.1 Å². The molecule has 0 radical (unpaired) electrons. The van der Waals surface area contributed by atoms with Crippen LogP contribution in [0.2, 0.25) is 0 Å². The zero-order valence-electron chi connectivity index (χ0n) is 10.7. The van der Waals surface area contributed by atoms with Crippen LogP contribution in [-0.4, -0.2) is 32.6 Å². The van der Waals surface area contributed by atoms with Gasteiger partial charge in [0.15, 0.2) is 0 Å². The van der Waals surface area contributed by atoms with Gasteiger partial charge in [-0.15, -0.1) is 0 Å². The molecular formula is C13H16O5. The highest BCUT2D eigenvalue weighted by molar-refractivity contribution is 6.41. The lowest BCUT2D eigenvalue weighted by Crippen LogP contribution is -2.19. The molecule has 1 aromatic rings. The highest BCUT2D eigenvalue weighted by Crippen LogP contribution is 2.19. The highest BCUT2D eigenvalue weighted by atomic mass is 16.5. The van der Waals surface area contributed by atoms with Gasteiger partial charge in [0.05, 0.1) is 20.3 Å². The molecule has 0 aliphatic heterocycles. The molecule has 0 unspecified atom stereocenters. The Hall–Kier alpha value is -1.88. The maximum Gasteiger partial charge on any atom is 0.379 e. The third kappa shape index (κ3) is 3.30. The van der Waals surface area contributed by atoms with E-state index in [2.05, 4.69) is 4.74 Å². The summed E-state index contributed by atoms with van der Waals surface area (Å²) in [4.78, 5) is 23.3. The lowest BCUT2D eigenvalue weighted by molar-refractivity contribution is -0.137. The van der Waals surface area contributed by atoms with Crippen molar-refractivity contribution in [2.75, 3.05) is 20.8 Å². The van der Waals surface area contributed by atoms with Crippen LogP contribution in [0.3, 0.4) is 0 Å². The number of carbonyl (C=O) groups excluding carboxylic acids is 2. The number of Topliss-reactive ketones (excluding diaryl/α,β-unsaturated/α-hetero) is 1. The van der Waals surface area contributed by atoms with Gasteiger partial charge in [-0.05, 0) is 30.7 Å². The molecule has 98 valence electrons. The largest absolute Gasteiger partial charge is 0.497 e. The van der Waals surface area contributed by atoms with E-state index in [1.165, 1.54) is 20.3 Å². The molecule has 1 aromatic carbocycles. The summed E-state index contributed by atoms with van der Waals surface area (Å²) in [6, 6.07) is 4.81. The van der Waals surface area contributed by atoms with E-state index in [0.717, 1.165) is 0 Å². The number of rotatable bonds is 6. The number of carbonyl (C=O) groups is 2. The summed E-state index contributed by atoms with van der Waals surface area (Å²) in [6.45, 7) is 2.04. The van der Waals surface area contributed by atoms with E-state index in [1.807, 2.05) is 0 Å². The van der Waals surface area contributed by atoms with Gasteiger partial charge in [0.1, 0.15) is 5.75 Å². The molecule has 0 aromatic heterocycles. The van der Waals surface area contributed by atoms with Gasteiger partial charge in [-0.2, -0.15) is 0 Å². The number of hydrogen-bond donors (Lipinski definition) is 0. The standard InChI is InChI=1S/C13H16O5/c1-4-18-13(15)12(14)11-6-5-10(17-3)7-9(11)8-16-2/h5-7H,4,8H2,1-3H3. The van der Waals surface area contributed by atoms with Gasteiger partial charge in [0.2, 0.25) is 0 Å². The van der Waals surface area contributed by atoms with Crippen LogP contribution in [0.15, 0.2) is 18.2 Å². The molecule has 0 bridgehead atoms. The molecule has 0 atom stereocenters. The van der Waals surface area contributed by atoms with E-state index in [4.69, 9.17) is 9.47 Å². The van der Waals surface area contributed by atoms with E-state index in [9.17, 15) is 9.59 Å². The predicted octanol–water partition coefficient (Wildman–Crippen LogP) is 1.59. The molecule has 0 saturated carbocycles. The molecule has 18 heavy (non-hydrogen) atoms. The number of ether oxygens (including phenoxy) is 3. The molecule has 0 saturated heterocycles. The molecule has 0 spiro atoms. The third-order valence-electron chi connectivity index (χ3n) is 2.32. The van der Waals surface area contributed by atoms with E-state index in [0.29, 0.717) is 11.3 Å². The van der Waals surface area contributed by atoms with Crippen molar-refractivity contribution in [1.29, 1.82) is 0 Å². The van der Waals surface area contributed by atoms with Crippen molar-refractivity contribution in [1.82, 2.24) is 0 Å². The topological polar surface area (TPSA) is 61.8 Å². The molecular weight excluding hydrogens is 236 g/mol. The van der Waals surface area contributed by atoms with Gasteiger partial charge < -0.3 is 14.2 Å². The maximum atomic E-state index is 11.9. The zero-order valence-corrected chi connectivity index (χ0v) is 10.7. The van der Waals surface area contributed by atoms with Crippen LogP contribution in [0.4, 0.5) is 0 Å². The molecule has 0 amide bonds. The summed E-state index contributed by atoms with van der Waals surface area (Å²) in [5.41, 5.74) is 0.867. The maximum absolute atomic E-state index is 11.9. The smallest absolute Gasteiger partial charge is 0.379 e. The Morgan fingerprint density at radius 3 is 2.50 bits per heavy atom. The van der Waals surface area contributed by atoms with Gasteiger partial charge in [0, 0.05) is 12.7 Å². The first-order valence-electron chi connectivity index (χ1n) is 5.51. The fraction of sp³-hybridized carbons (Fsp3) is 0.385. The van der Waals surface area contributed by atoms with E-state index < -0.39 is 11.8 Å². The van der Waals surface area contributed by atoms with Crippen molar-refractivity contribution in [3.05, 3.63) is 29.3 Å². The van der Waals surface area contributed by atoms with Crippen LogP contribution >= 0.6 is 0 Å². The van der Waals surface area contributed by atoms with Crippen molar-refractivity contribution < 1.29 is 23.8 Å². The second-order valence-corrected chi connectivity index (χ2v) is 3.51. The monoisotopic (exact) mass is 252 g/mol. The average Bonchev–Trinajstić information content (AvgIpc) is 2.38. The lowest BCUT2D eigenvalue weighted by Gasteiger charge is -2.09. The van der Waals surface area contributed by atoms with E-state index in [-0.39, 0.29) is 18.8 Å². The molecule has 1 rings (SSSR count). The minimum absolute atomic E-state index is 0.167. The molecule has 5 nitrogen and oxygen atoms in total. The average molecular weight is 252 g/mol. The molecule has 0 N–H and O–H groups in total. The molecule has 0 fully saturated rings. The lowest BCUT2D eigenvalue weighted by atomic mass is 10.0.